The predicted octanol–water partition coefficient (Wildman–Crippen LogP) is 3.10. The van der Waals surface area contributed by atoms with Crippen LogP contribution >= 0.6 is 15.9 Å². The van der Waals surface area contributed by atoms with Gasteiger partial charge in [0.2, 0.25) is 0 Å². The van der Waals surface area contributed by atoms with Crippen LogP contribution in [0, 0.1) is 0 Å². The second-order valence-electron chi connectivity index (χ2n) is 2.14. The molecule has 0 unspecified atom stereocenters. The first-order chi connectivity index (χ1) is 4.91. The second-order valence-corrected chi connectivity index (χ2v) is 2.93. The molecule has 0 aliphatic heterocycles. The summed E-state index contributed by atoms with van der Waals surface area (Å²) in [7, 11) is 0. The van der Waals surface area contributed by atoms with Crippen molar-refractivity contribution >= 4 is 15.9 Å². The van der Waals surface area contributed by atoms with Crippen molar-refractivity contribution in [3.63, 3.8) is 0 Å². The van der Waals surface area contributed by atoms with Crippen LogP contribution in [-0.2, 0) is 4.74 Å². The Bertz CT molecular complexity index is 73.7. The van der Waals surface area contributed by atoms with Crippen molar-refractivity contribution in [2.75, 3.05) is 11.9 Å². The van der Waals surface area contributed by atoms with E-state index in [2.05, 4.69) is 22.5 Å². The first kappa shape index (κ1) is 10.0. The van der Waals surface area contributed by atoms with E-state index in [0.29, 0.717) is 0 Å². The minimum absolute atomic E-state index is 0.825. The summed E-state index contributed by atoms with van der Waals surface area (Å²) in [6.45, 7) is 4.29. The van der Waals surface area contributed by atoms with Crippen molar-refractivity contribution < 1.29 is 4.74 Å². The zero-order chi connectivity index (χ0) is 7.66. The fourth-order valence-corrected chi connectivity index (χ4v) is 1.11. The third-order valence-electron chi connectivity index (χ3n) is 1.26. The van der Waals surface area contributed by atoms with Gasteiger partial charge in [-0.3, -0.25) is 0 Å². The molecule has 2 heteroatoms. The van der Waals surface area contributed by atoms with Gasteiger partial charge in [0, 0.05) is 5.33 Å². The van der Waals surface area contributed by atoms with Crippen molar-refractivity contribution in [2.45, 2.75) is 25.7 Å². The van der Waals surface area contributed by atoms with Crippen molar-refractivity contribution in [1.82, 2.24) is 0 Å². The zero-order valence-electron chi connectivity index (χ0n) is 6.31. The van der Waals surface area contributed by atoms with Crippen LogP contribution in [0.1, 0.15) is 25.7 Å². The summed E-state index contributed by atoms with van der Waals surface area (Å²) in [6, 6.07) is 0. The summed E-state index contributed by atoms with van der Waals surface area (Å²) < 4.78 is 4.97. The molecule has 0 rings (SSSR count). The van der Waals surface area contributed by atoms with Crippen LogP contribution < -0.4 is 0 Å². The molecule has 0 saturated heterocycles. The van der Waals surface area contributed by atoms with Gasteiger partial charge in [0.25, 0.3) is 0 Å². The highest BCUT2D eigenvalue weighted by molar-refractivity contribution is 9.09. The van der Waals surface area contributed by atoms with E-state index in [1.807, 2.05) is 0 Å². The van der Waals surface area contributed by atoms with Gasteiger partial charge in [-0.2, -0.15) is 0 Å². The molecule has 0 saturated carbocycles. The highest BCUT2D eigenvalue weighted by atomic mass is 79.9. The Morgan fingerprint density at radius 3 is 2.50 bits per heavy atom. The second kappa shape index (κ2) is 9.02. The van der Waals surface area contributed by atoms with E-state index in [9.17, 15) is 0 Å². The van der Waals surface area contributed by atoms with E-state index >= 15 is 0 Å². The highest BCUT2D eigenvalue weighted by Gasteiger charge is 1.87. The summed E-state index contributed by atoms with van der Waals surface area (Å²) in [6.07, 6.45) is 6.49. The quantitative estimate of drug-likeness (QED) is 0.354. The Morgan fingerprint density at radius 1 is 1.20 bits per heavy atom. The van der Waals surface area contributed by atoms with Crippen LogP contribution in [0.5, 0.6) is 0 Å². The van der Waals surface area contributed by atoms with Crippen LogP contribution in [0.15, 0.2) is 12.8 Å². The third kappa shape index (κ3) is 8.02. The van der Waals surface area contributed by atoms with Crippen molar-refractivity contribution in [2.24, 2.45) is 0 Å². The summed E-state index contributed by atoms with van der Waals surface area (Å²) in [4.78, 5) is 0. The highest BCUT2D eigenvalue weighted by Crippen LogP contribution is 2.01. The molecule has 0 aromatic carbocycles. The molecule has 60 valence electrons. The minimum Gasteiger partial charge on any atom is -0.502 e. The molecular formula is C8H15BrO. The number of unbranched alkanes of at least 4 members (excludes halogenated alkanes) is 3. The van der Waals surface area contributed by atoms with Gasteiger partial charge < -0.3 is 4.74 Å². The lowest BCUT2D eigenvalue weighted by molar-refractivity contribution is 0.242. The molecule has 0 aliphatic rings. The van der Waals surface area contributed by atoms with Gasteiger partial charge >= 0.3 is 0 Å². The average Bonchev–Trinajstić information content (AvgIpc) is 1.97. The topological polar surface area (TPSA) is 9.23 Å². The van der Waals surface area contributed by atoms with Gasteiger partial charge in [-0.05, 0) is 12.8 Å². The summed E-state index contributed by atoms with van der Waals surface area (Å²) in [5, 5.41) is 1.12. The molecule has 0 N–H and O–H groups in total. The van der Waals surface area contributed by atoms with E-state index in [-0.39, 0.29) is 0 Å². The summed E-state index contributed by atoms with van der Waals surface area (Å²) >= 11 is 3.38. The molecule has 0 atom stereocenters. The number of halogens is 1. The number of hydrogen-bond donors (Lipinski definition) is 0. The van der Waals surface area contributed by atoms with Gasteiger partial charge in [-0.15, -0.1) is 0 Å². The van der Waals surface area contributed by atoms with Crippen molar-refractivity contribution in [1.29, 1.82) is 0 Å². The van der Waals surface area contributed by atoms with Crippen LogP contribution in [0.25, 0.3) is 0 Å². The number of alkyl halides is 1. The Labute approximate surface area is 71.6 Å². The number of ether oxygens (including phenoxy) is 1. The van der Waals surface area contributed by atoms with E-state index < -0.39 is 0 Å². The maximum absolute atomic E-state index is 4.97. The minimum atomic E-state index is 0.825. The van der Waals surface area contributed by atoms with Gasteiger partial charge in [-0.25, -0.2) is 0 Å². The molecule has 0 spiro atoms. The first-order valence-electron chi connectivity index (χ1n) is 3.70. The predicted molar refractivity (Wildman–Crippen MR) is 48.4 cm³/mol. The Kier molecular flexibility index (Phi) is 9.04. The Hall–Kier alpha value is 0.0200. The van der Waals surface area contributed by atoms with Crippen LogP contribution in [0.3, 0.4) is 0 Å². The molecule has 0 heterocycles. The molecule has 10 heavy (non-hydrogen) atoms. The van der Waals surface area contributed by atoms with E-state index in [4.69, 9.17) is 4.74 Å². The Balaban J connectivity index is 2.70. The zero-order valence-corrected chi connectivity index (χ0v) is 7.90. The molecule has 0 aliphatic carbocycles. The SMILES string of the molecule is C=COCCCCCCBr. The fraction of sp³-hybridized carbons (Fsp3) is 0.750. The van der Waals surface area contributed by atoms with Gasteiger partial charge in [-0.1, -0.05) is 35.4 Å². The monoisotopic (exact) mass is 206 g/mol. The van der Waals surface area contributed by atoms with Crippen LogP contribution in [0.2, 0.25) is 0 Å². The Morgan fingerprint density at radius 2 is 1.90 bits per heavy atom. The first-order valence-corrected chi connectivity index (χ1v) is 4.82. The molecule has 0 fully saturated rings. The summed E-state index contributed by atoms with van der Waals surface area (Å²) in [5.41, 5.74) is 0. The fourth-order valence-electron chi connectivity index (χ4n) is 0.717. The van der Waals surface area contributed by atoms with E-state index in [0.717, 1.165) is 18.4 Å². The maximum Gasteiger partial charge on any atom is 0.0873 e. The van der Waals surface area contributed by atoms with Crippen LogP contribution in [0.4, 0.5) is 0 Å². The van der Waals surface area contributed by atoms with Crippen molar-refractivity contribution in [3.05, 3.63) is 12.8 Å². The molecule has 0 radical (unpaired) electrons. The van der Waals surface area contributed by atoms with Gasteiger partial charge in [0.05, 0.1) is 12.9 Å². The lowest BCUT2D eigenvalue weighted by Crippen LogP contribution is -1.87. The lowest BCUT2D eigenvalue weighted by Gasteiger charge is -1.98. The number of hydrogen-bond acceptors (Lipinski definition) is 1. The standard InChI is InChI=1S/C8H15BrO/c1-2-10-8-6-4-3-5-7-9/h2H,1,3-8H2. The third-order valence-corrected chi connectivity index (χ3v) is 1.82. The molecule has 0 amide bonds. The van der Waals surface area contributed by atoms with Crippen LogP contribution in [-0.4, -0.2) is 11.9 Å². The molecular weight excluding hydrogens is 192 g/mol. The largest absolute Gasteiger partial charge is 0.502 e. The lowest BCUT2D eigenvalue weighted by atomic mass is 10.2. The molecule has 0 aromatic rings. The van der Waals surface area contributed by atoms with E-state index in [1.165, 1.54) is 25.5 Å². The van der Waals surface area contributed by atoms with Gasteiger partial charge in [0.1, 0.15) is 0 Å². The smallest absolute Gasteiger partial charge is 0.0873 e. The molecule has 0 aromatic heterocycles. The van der Waals surface area contributed by atoms with Crippen molar-refractivity contribution in [3.8, 4) is 0 Å². The van der Waals surface area contributed by atoms with Gasteiger partial charge in [0.15, 0.2) is 0 Å². The maximum atomic E-state index is 4.97. The van der Waals surface area contributed by atoms with E-state index in [1.54, 1.807) is 0 Å². The average molecular weight is 207 g/mol. The normalized spacial score (nSPS) is 9.30. The summed E-state index contributed by atoms with van der Waals surface area (Å²) in [5.74, 6) is 0. The molecule has 0 bridgehead atoms. The number of rotatable bonds is 7. The molecule has 1 nitrogen and oxygen atoms in total.